The second-order valence-corrected chi connectivity index (χ2v) is 8.40. The van der Waals surface area contributed by atoms with Gasteiger partial charge in [0.1, 0.15) is 17.2 Å². The van der Waals surface area contributed by atoms with Gasteiger partial charge in [-0.1, -0.05) is 12.1 Å². The van der Waals surface area contributed by atoms with Crippen molar-refractivity contribution in [3.8, 4) is 28.7 Å². The normalized spacial score (nSPS) is 16.9. The molecule has 3 aromatic carbocycles. The van der Waals surface area contributed by atoms with E-state index in [1.165, 1.54) is 33.5 Å². The number of carboxylic acid groups (broad SMARTS) is 1. The summed E-state index contributed by atoms with van der Waals surface area (Å²) in [6.07, 6.45) is 1.57. The van der Waals surface area contributed by atoms with E-state index in [0.717, 1.165) is 0 Å². The predicted molar refractivity (Wildman–Crippen MR) is 131 cm³/mol. The fourth-order valence-electron chi connectivity index (χ4n) is 4.56. The van der Waals surface area contributed by atoms with Crippen LogP contribution in [-0.4, -0.2) is 44.2 Å². The molecule has 0 radical (unpaired) electrons. The molecule has 0 aliphatic carbocycles. The minimum atomic E-state index is -1.05. The molecule has 1 N–H and O–H groups in total. The molecular formula is C28H22O9. The van der Waals surface area contributed by atoms with Crippen LogP contribution in [0.4, 0.5) is 0 Å². The highest BCUT2D eigenvalue weighted by Crippen LogP contribution is 2.49. The third kappa shape index (κ3) is 4.14. The summed E-state index contributed by atoms with van der Waals surface area (Å²) in [5, 5.41) is 9.23. The molecule has 2 aliphatic rings. The van der Waals surface area contributed by atoms with Gasteiger partial charge in [0.25, 0.3) is 0 Å². The quantitative estimate of drug-likeness (QED) is 0.296. The Morgan fingerprint density at radius 1 is 0.919 bits per heavy atom. The molecule has 0 spiro atoms. The van der Waals surface area contributed by atoms with Crippen LogP contribution in [0.3, 0.4) is 0 Å². The van der Waals surface area contributed by atoms with Crippen molar-refractivity contribution in [1.29, 1.82) is 0 Å². The zero-order valence-electron chi connectivity index (χ0n) is 20.2. The van der Waals surface area contributed by atoms with E-state index < -0.39 is 17.9 Å². The first-order chi connectivity index (χ1) is 17.8. The van der Waals surface area contributed by atoms with Crippen molar-refractivity contribution in [2.45, 2.75) is 12.3 Å². The van der Waals surface area contributed by atoms with Crippen LogP contribution in [0.5, 0.6) is 28.7 Å². The summed E-state index contributed by atoms with van der Waals surface area (Å²) >= 11 is 0. The Hall–Kier alpha value is -4.79. The molecule has 0 saturated heterocycles. The first-order valence-corrected chi connectivity index (χ1v) is 11.3. The zero-order chi connectivity index (χ0) is 26.3. The SMILES string of the molecule is COc1cc(OC)c(OC)cc1/C=C1\Oc2c(ccc3c2C(c2ccc(C(=O)O)cc2)CC(=O)O3)C1=O. The summed E-state index contributed by atoms with van der Waals surface area (Å²) in [6.45, 7) is 0. The molecule has 188 valence electrons. The Morgan fingerprint density at radius 3 is 2.24 bits per heavy atom. The molecule has 2 heterocycles. The maximum absolute atomic E-state index is 13.3. The number of methoxy groups -OCH3 is 3. The van der Waals surface area contributed by atoms with E-state index in [1.807, 2.05) is 0 Å². The lowest BCUT2D eigenvalue weighted by atomic mass is 9.84. The minimum Gasteiger partial charge on any atom is -0.496 e. The Balaban J connectivity index is 1.59. The van der Waals surface area contributed by atoms with Crippen LogP contribution in [0, 0.1) is 0 Å². The molecule has 1 unspecified atom stereocenters. The summed E-state index contributed by atoms with van der Waals surface area (Å²) in [7, 11) is 4.52. The average molecular weight is 502 g/mol. The fraction of sp³-hybridized carbons (Fsp3) is 0.179. The van der Waals surface area contributed by atoms with Crippen LogP contribution in [0.15, 0.2) is 54.3 Å². The highest BCUT2D eigenvalue weighted by atomic mass is 16.5. The number of allylic oxidation sites excluding steroid dienone is 1. The van der Waals surface area contributed by atoms with Gasteiger partial charge in [-0.15, -0.1) is 0 Å². The minimum absolute atomic E-state index is 0.00989. The summed E-state index contributed by atoms with van der Waals surface area (Å²) in [5.74, 6) is -0.296. The Labute approximate surface area is 211 Å². The summed E-state index contributed by atoms with van der Waals surface area (Å²) in [6, 6.07) is 12.7. The number of rotatable bonds is 6. The lowest BCUT2D eigenvalue weighted by molar-refractivity contribution is -0.135. The fourth-order valence-corrected chi connectivity index (χ4v) is 4.56. The lowest BCUT2D eigenvalue weighted by Crippen LogP contribution is -2.21. The highest BCUT2D eigenvalue weighted by Gasteiger charge is 2.38. The number of benzene rings is 3. The number of carbonyl (C=O) groups is 3. The van der Waals surface area contributed by atoms with Gasteiger partial charge in [-0.2, -0.15) is 0 Å². The van der Waals surface area contributed by atoms with Crippen LogP contribution in [0.2, 0.25) is 0 Å². The zero-order valence-corrected chi connectivity index (χ0v) is 20.2. The average Bonchev–Trinajstić information content (AvgIpc) is 3.22. The third-order valence-electron chi connectivity index (χ3n) is 6.36. The van der Waals surface area contributed by atoms with E-state index in [9.17, 15) is 19.5 Å². The van der Waals surface area contributed by atoms with Crippen molar-refractivity contribution < 1.29 is 43.2 Å². The van der Waals surface area contributed by atoms with Gasteiger partial charge >= 0.3 is 11.9 Å². The smallest absolute Gasteiger partial charge is 0.335 e. The van der Waals surface area contributed by atoms with E-state index >= 15 is 0 Å². The van der Waals surface area contributed by atoms with E-state index in [0.29, 0.717) is 51.0 Å². The monoisotopic (exact) mass is 502 g/mol. The van der Waals surface area contributed by atoms with Gasteiger partial charge in [-0.3, -0.25) is 9.59 Å². The summed E-state index contributed by atoms with van der Waals surface area (Å²) in [4.78, 5) is 37.0. The lowest BCUT2D eigenvalue weighted by Gasteiger charge is -2.26. The van der Waals surface area contributed by atoms with Crippen LogP contribution < -0.4 is 23.7 Å². The largest absolute Gasteiger partial charge is 0.496 e. The molecule has 3 aromatic rings. The number of fused-ring (bicyclic) bond motifs is 3. The number of aromatic carboxylic acids is 1. The van der Waals surface area contributed by atoms with Crippen molar-refractivity contribution in [2.75, 3.05) is 21.3 Å². The Bertz CT molecular complexity index is 1470. The van der Waals surface area contributed by atoms with Gasteiger partial charge in [0.15, 0.2) is 17.3 Å². The van der Waals surface area contributed by atoms with Crippen LogP contribution >= 0.6 is 0 Å². The molecular weight excluding hydrogens is 480 g/mol. The van der Waals surface area contributed by atoms with E-state index in [2.05, 4.69) is 0 Å². The highest BCUT2D eigenvalue weighted by molar-refractivity contribution is 6.15. The third-order valence-corrected chi connectivity index (χ3v) is 6.36. The molecule has 0 bridgehead atoms. The molecule has 5 rings (SSSR count). The van der Waals surface area contributed by atoms with Gasteiger partial charge in [0.05, 0.1) is 38.9 Å². The van der Waals surface area contributed by atoms with Gasteiger partial charge in [-0.25, -0.2) is 4.79 Å². The van der Waals surface area contributed by atoms with E-state index in [4.69, 9.17) is 23.7 Å². The van der Waals surface area contributed by atoms with E-state index in [-0.39, 0.29) is 23.5 Å². The molecule has 1 atom stereocenters. The Kier molecular flexibility index (Phi) is 6.04. The number of Topliss-reactive ketones (excluding diaryl/α,β-unsaturated/α-hetero) is 1. The molecule has 37 heavy (non-hydrogen) atoms. The molecule has 0 amide bonds. The number of carbonyl (C=O) groups excluding carboxylic acids is 2. The van der Waals surface area contributed by atoms with Crippen molar-refractivity contribution in [2.24, 2.45) is 0 Å². The predicted octanol–water partition coefficient (Wildman–Crippen LogP) is 4.47. The molecule has 0 aromatic heterocycles. The number of hydrogen-bond donors (Lipinski definition) is 1. The maximum Gasteiger partial charge on any atom is 0.335 e. The van der Waals surface area contributed by atoms with Crippen molar-refractivity contribution >= 4 is 23.8 Å². The van der Waals surface area contributed by atoms with Gasteiger partial charge in [-0.05, 0) is 42.0 Å². The van der Waals surface area contributed by atoms with Gasteiger partial charge in [0, 0.05) is 23.1 Å². The van der Waals surface area contributed by atoms with Gasteiger partial charge < -0.3 is 28.8 Å². The standard InChI is InChI=1S/C28H22O9/c1-33-20-13-22(35-3)21(34-2)10-16(20)11-23-26(30)17-8-9-19-25(27(17)37-23)18(12-24(29)36-19)14-4-6-15(7-5-14)28(31)32/h4-11,13,18H,12H2,1-3H3,(H,31,32)/b23-11-. The molecule has 9 nitrogen and oxygen atoms in total. The van der Waals surface area contributed by atoms with Crippen LogP contribution in [0.1, 0.15) is 49.7 Å². The summed E-state index contributed by atoms with van der Waals surface area (Å²) < 4.78 is 27.7. The second-order valence-electron chi connectivity index (χ2n) is 8.40. The topological polar surface area (TPSA) is 118 Å². The van der Waals surface area contributed by atoms with Crippen LogP contribution in [-0.2, 0) is 4.79 Å². The second kappa shape index (κ2) is 9.34. The summed E-state index contributed by atoms with van der Waals surface area (Å²) in [5.41, 5.74) is 2.25. The number of ether oxygens (including phenoxy) is 5. The number of esters is 1. The van der Waals surface area contributed by atoms with Crippen molar-refractivity contribution in [3.05, 3.63) is 82.1 Å². The van der Waals surface area contributed by atoms with Gasteiger partial charge in [0.2, 0.25) is 5.78 Å². The maximum atomic E-state index is 13.3. The molecule has 0 saturated carbocycles. The van der Waals surface area contributed by atoms with E-state index in [1.54, 1.807) is 42.5 Å². The Morgan fingerprint density at radius 2 is 1.59 bits per heavy atom. The number of hydrogen-bond acceptors (Lipinski definition) is 8. The molecule has 0 fully saturated rings. The van der Waals surface area contributed by atoms with Crippen LogP contribution in [0.25, 0.3) is 6.08 Å². The first-order valence-electron chi connectivity index (χ1n) is 11.3. The number of ketones is 1. The molecule has 2 aliphatic heterocycles. The molecule has 9 heteroatoms. The van der Waals surface area contributed by atoms with Crippen molar-refractivity contribution in [1.82, 2.24) is 0 Å². The number of carboxylic acids is 1. The first kappa shape index (κ1) is 23.9. The van der Waals surface area contributed by atoms with Crippen molar-refractivity contribution in [3.63, 3.8) is 0 Å².